The number of hydrogen-bond acceptors (Lipinski definition) is 6. The average Bonchev–Trinajstić information content (AvgIpc) is 2.91. The molecule has 2 aromatic heterocycles. The molecule has 2 aromatic rings. The molecule has 0 aliphatic carbocycles. The van der Waals surface area contributed by atoms with Crippen LogP contribution in [0, 0.1) is 0 Å². The number of carbonyl (C=O) groups is 1. The Hall–Kier alpha value is -1.80. The summed E-state index contributed by atoms with van der Waals surface area (Å²) in [5.41, 5.74) is 1.82. The van der Waals surface area contributed by atoms with Crippen molar-refractivity contribution in [3.05, 3.63) is 24.2 Å². The molecule has 1 saturated heterocycles. The Bertz CT molecular complexity index is 764. The van der Waals surface area contributed by atoms with Crippen molar-refractivity contribution in [2.24, 2.45) is 0 Å². The van der Waals surface area contributed by atoms with Crippen LogP contribution in [0.1, 0.15) is 26.3 Å². The second-order valence-corrected chi connectivity index (χ2v) is 8.14. The van der Waals surface area contributed by atoms with Crippen LogP contribution in [-0.2, 0) is 11.3 Å². The Labute approximate surface area is 152 Å². The summed E-state index contributed by atoms with van der Waals surface area (Å²) in [4.78, 5) is 20.5. The predicted octanol–water partition coefficient (Wildman–Crippen LogP) is 2.50. The molecule has 0 unspecified atom stereocenters. The van der Waals surface area contributed by atoms with Crippen molar-refractivity contribution in [2.45, 2.75) is 44.0 Å². The molecule has 3 rings (SSSR count). The van der Waals surface area contributed by atoms with E-state index in [0.29, 0.717) is 0 Å². The van der Waals surface area contributed by atoms with Gasteiger partial charge in [0.2, 0.25) is 0 Å². The molecule has 1 amide bonds. The third kappa shape index (κ3) is 3.90. The van der Waals surface area contributed by atoms with Gasteiger partial charge in [0.05, 0.1) is 6.04 Å². The maximum Gasteiger partial charge on any atom is 0.410 e. The molecule has 7 nitrogen and oxygen atoms in total. The zero-order valence-electron chi connectivity index (χ0n) is 15.4. The molecule has 0 saturated carbocycles. The van der Waals surface area contributed by atoms with Crippen LogP contribution in [0.5, 0.6) is 0 Å². The van der Waals surface area contributed by atoms with E-state index in [-0.39, 0.29) is 12.1 Å². The summed E-state index contributed by atoms with van der Waals surface area (Å²) in [5, 5.41) is 5.25. The maximum atomic E-state index is 12.1. The van der Waals surface area contributed by atoms with Crippen LogP contribution >= 0.6 is 11.8 Å². The van der Waals surface area contributed by atoms with E-state index in [9.17, 15) is 4.79 Å². The van der Waals surface area contributed by atoms with E-state index in [1.165, 1.54) is 5.56 Å². The quantitative estimate of drug-likeness (QED) is 0.778. The van der Waals surface area contributed by atoms with E-state index >= 15 is 0 Å². The lowest BCUT2D eigenvalue weighted by molar-refractivity contribution is -0.00565. The molecule has 136 valence electrons. The summed E-state index contributed by atoms with van der Waals surface area (Å²) in [5.74, 6) is 0. The first kappa shape index (κ1) is 18.0. The highest BCUT2D eigenvalue weighted by Gasteiger charge is 2.34. The highest BCUT2D eigenvalue weighted by atomic mass is 32.2. The van der Waals surface area contributed by atoms with Gasteiger partial charge < -0.3 is 9.64 Å². The number of likely N-dealkylation sites (tertiary alicyclic amines) is 1. The van der Waals surface area contributed by atoms with Crippen molar-refractivity contribution in [2.75, 3.05) is 26.4 Å². The number of rotatable bonds is 4. The fraction of sp³-hybridized carbons (Fsp3) is 0.588. The smallest absolute Gasteiger partial charge is 0.410 e. The van der Waals surface area contributed by atoms with Crippen molar-refractivity contribution in [3.8, 4) is 0 Å². The molecule has 0 spiro atoms. The molecule has 0 atom stereocenters. The number of amides is 1. The van der Waals surface area contributed by atoms with Crippen molar-refractivity contribution >= 4 is 23.4 Å². The van der Waals surface area contributed by atoms with E-state index in [4.69, 9.17) is 4.74 Å². The molecule has 3 heterocycles. The van der Waals surface area contributed by atoms with Gasteiger partial charge in [-0.2, -0.15) is 5.10 Å². The fourth-order valence-corrected chi connectivity index (χ4v) is 3.48. The van der Waals surface area contributed by atoms with Crippen LogP contribution in [0.3, 0.4) is 0 Å². The number of thioether (sulfide) groups is 1. The van der Waals surface area contributed by atoms with Crippen molar-refractivity contribution < 1.29 is 9.53 Å². The average molecular weight is 363 g/mol. The van der Waals surface area contributed by atoms with Gasteiger partial charge in [0, 0.05) is 32.9 Å². The predicted molar refractivity (Wildman–Crippen MR) is 97.8 cm³/mol. The molecule has 0 aromatic carbocycles. The Balaban J connectivity index is 1.60. The first-order chi connectivity index (χ1) is 11.8. The van der Waals surface area contributed by atoms with Crippen LogP contribution in [0.25, 0.3) is 5.52 Å². The third-order valence-corrected chi connectivity index (χ3v) is 4.94. The molecular formula is C17H25N5O2S. The van der Waals surface area contributed by atoms with E-state index < -0.39 is 5.60 Å². The zero-order valence-corrected chi connectivity index (χ0v) is 16.2. The van der Waals surface area contributed by atoms with Gasteiger partial charge in [-0.1, -0.05) is 0 Å². The van der Waals surface area contributed by atoms with Crippen LogP contribution in [-0.4, -0.2) is 68.5 Å². The SMILES string of the molecule is CSc1ncnn2ccc(CN3CC(N(C)C(=O)OC(C)(C)C)C3)c12. The van der Waals surface area contributed by atoms with E-state index in [1.807, 2.05) is 44.8 Å². The number of aromatic nitrogens is 3. The number of fused-ring (bicyclic) bond motifs is 1. The summed E-state index contributed by atoms with van der Waals surface area (Å²) >= 11 is 1.62. The maximum absolute atomic E-state index is 12.1. The first-order valence-electron chi connectivity index (χ1n) is 8.32. The minimum atomic E-state index is -0.464. The van der Waals surface area contributed by atoms with E-state index in [2.05, 4.69) is 21.0 Å². The zero-order chi connectivity index (χ0) is 18.2. The van der Waals surface area contributed by atoms with Crippen LogP contribution in [0.4, 0.5) is 4.79 Å². The Morgan fingerprint density at radius 3 is 2.80 bits per heavy atom. The minimum absolute atomic E-state index is 0.194. The summed E-state index contributed by atoms with van der Waals surface area (Å²) in [6, 6.07) is 2.29. The van der Waals surface area contributed by atoms with Gasteiger partial charge >= 0.3 is 6.09 Å². The molecule has 0 N–H and O–H groups in total. The molecule has 0 radical (unpaired) electrons. The number of nitrogens with zero attached hydrogens (tertiary/aromatic N) is 5. The summed E-state index contributed by atoms with van der Waals surface area (Å²) in [6.45, 7) is 8.17. The molecular weight excluding hydrogens is 338 g/mol. The Morgan fingerprint density at radius 2 is 2.16 bits per heavy atom. The number of hydrogen-bond donors (Lipinski definition) is 0. The Kier molecular flexibility index (Phi) is 4.92. The number of carbonyl (C=O) groups excluding carboxylic acids is 1. The van der Waals surface area contributed by atoms with Crippen molar-refractivity contribution in [3.63, 3.8) is 0 Å². The fourth-order valence-electron chi connectivity index (χ4n) is 2.91. The molecule has 1 fully saturated rings. The highest BCUT2D eigenvalue weighted by Crippen LogP contribution is 2.26. The van der Waals surface area contributed by atoms with E-state index in [1.54, 1.807) is 23.0 Å². The normalized spacial score (nSPS) is 16.0. The lowest BCUT2D eigenvalue weighted by Gasteiger charge is -2.44. The van der Waals surface area contributed by atoms with Gasteiger partial charge in [0.25, 0.3) is 0 Å². The highest BCUT2D eigenvalue weighted by molar-refractivity contribution is 7.98. The summed E-state index contributed by atoms with van der Waals surface area (Å²) < 4.78 is 7.30. The molecule has 8 heteroatoms. The molecule has 1 aliphatic rings. The van der Waals surface area contributed by atoms with Gasteiger partial charge in [0.15, 0.2) is 0 Å². The van der Waals surface area contributed by atoms with Gasteiger partial charge in [-0.05, 0) is 38.7 Å². The van der Waals surface area contributed by atoms with Crippen molar-refractivity contribution in [1.29, 1.82) is 0 Å². The van der Waals surface area contributed by atoms with Gasteiger partial charge in [-0.15, -0.1) is 11.8 Å². The lowest BCUT2D eigenvalue weighted by atomic mass is 10.1. The third-order valence-electron chi connectivity index (χ3n) is 4.26. The second kappa shape index (κ2) is 6.84. The Morgan fingerprint density at radius 1 is 1.44 bits per heavy atom. The molecule has 25 heavy (non-hydrogen) atoms. The standard InChI is InChI=1S/C17H25N5O2S/c1-17(2,3)24-16(23)20(4)13-9-21(10-13)8-12-6-7-22-14(12)15(25-5)18-11-19-22/h6-7,11,13H,8-10H2,1-5H3. The first-order valence-corrected chi connectivity index (χ1v) is 9.54. The molecule has 1 aliphatic heterocycles. The van der Waals surface area contributed by atoms with Crippen LogP contribution in [0.2, 0.25) is 0 Å². The number of ether oxygens (including phenoxy) is 1. The summed E-state index contributed by atoms with van der Waals surface area (Å²) in [7, 11) is 1.81. The summed E-state index contributed by atoms with van der Waals surface area (Å²) in [6.07, 6.45) is 5.31. The van der Waals surface area contributed by atoms with Gasteiger partial charge in [-0.25, -0.2) is 14.3 Å². The second-order valence-electron chi connectivity index (χ2n) is 7.34. The lowest BCUT2D eigenvalue weighted by Crippen LogP contribution is -2.59. The number of likely N-dealkylation sites (N-methyl/N-ethyl adjacent to an activating group) is 1. The topological polar surface area (TPSA) is 63.0 Å². The van der Waals surface area contributed by atoms with Crippen LogP contribution < -0.4 is 0 Å². The molecule has 0 bridgehead atoms. The largest absolute Gasteiger partial charge is 0.444 e. The van der Waals surface area contributed by atoms with Gasteiger partial charge in [-0.3, -0.25) is 4.90 Å². The monoisotopic (exact) mass is 363 g/mol. The van der Waals surface area contributed by atoms with Crippen LogP contribution in [0.15, 0.2) is 23.6 Å². The van der Waals surface area contributed by atoms with Crippen molar-refractivity contribution in [1.82, 2.24) is 24.4 Å². The minimum Gasteiger partial charge on any atom is -0.444 e. The van der Waals surface area contributed by atoms with E-state index in [0.717, 1.165) is 30.2 Å². The van der Waals surface area contributed by atoms with Gasteiger partial charge in [0.1, 0.15) is 22.5 Å².